The van der Waals surface area contributed by atoms with Crippen molar-refractivity contribution in [3.63, 3.8) is 0 Å². The van der Waals surface area contributed by atoms with Gasteiger partial charge < -0.3 is 13.9 Å². The van der Waals surface area contributed by atoms with E-state index in [4.69, 9.17) is 13.9 Å². The molecule has 0 unspecified atom stereocenters. The number of ketones is 1. The topological polar surface area (TPSA) is 74.5 Å². The van der Waals surface area contributed by atoms with Gasteiger partial charge in [0.1, 0.15) is 25.2 Å². The van der Waals surface area contributed by atoms with E-state index in [-0.39, 0.29) is 17.4 Å². The maximum absolute atomic E-state index is 12.0. The van der Waals surface area contributed by atoms with Crippen molar-refractivity contribution in [2.75, 3.05) is 13.2 Å². The Bertz CT molecular complexity index is 719. The van der Waals surface area contributed by atoms with Crippen LogP contribution >= 0.6 is 0 Å². The molecular formula is C16H16N2O4. The van der Waals surface area contributed by atoms with E-state index in [2.05, 4.69) is 9.97 Å². The summed E-state index contributed by atoms with van der Waals surface area (Å²) in [6, 6.07) is 1.74. The smallest absolute Gasteiger partial charge is 0.207 e. The molecule has 2 aromatic rings. The number of allylic oxidation sites excluding steroid dienone is 1. The third kappa shape index (κ3) is 3.00. The van der Waals surface area contributed by atoms with Crippen LogP contribution in [0.4, 0.5) is 0 Å². The Morgan fingerprint density at radius 1 is 1.27 bits per heavy atom. The lowest BCUT2D eigenvalue weighted by molar-refractivity contribution is 0.104. The number of nitrogens with zero attached hydrogens (tertiary/aromatic N) is 2. The first kappa shape index (κ1) is 14.3. The van der Waals surface area contributed by atoms with Crippen molar-refractivity contribution in [2.45, 2.75) is 19.8 Å². The van der Waals surface area contributed by atoms with Crippen LogP contribution in [0.3, 0.4) is 0 Å². The largest absolute Gasteiger partial charge is 0.486 e. The first-order valence-corrected chi connectivity index (χ1v) is 7.07. The van der Waals surface area contributed by atoms with Crippen molar-refractivity contribution in [2.24, 2.45) is 0 Å². The number of fused-ring (bicyclic) bond motifs is 1. The number of ether oxygens (including phenoxy) is 2. The molecule has 0 fully saturated rings. The third-order valence-corrected chi connectivity index (χ3v) is 3.12. The molecule has 6 nitrogen and oxygen atoms in total. The number of hydrogen-bond acceptors (Lipinski definition) is 6. The molecule has 0 saturated carbocycles. The Morgan fingerprint density at radius 3 is 2.77 bits per heavy atom. The predicted molar refractivity (Wildman–Crippen MR) is 79.2 cm³/mol. The molecule has 0 radical (unpaired) electrons. The molecule has 3 rings (SSSR count). The van der Waals surface area contributed by atoms with Crippen molar-refractivity contribution in [1.29, 1.82) is 0 Å². The van der Waals surface area contributed by atoms with Gasteiger partial charge >= 0.3 is 0 Å². The van der Waals surface area contributed by atoms with Gasteiger partial charge in [-0.15, -0.1) is 0 Å². The fourth-order valence-corrected chi connectivity index (χ4v) is 1.97. The minimum atomic E-state index is -0.229. The molecule has 114 valence electrons. The van der Waals surface area contributed by atoms with Crippen molar-refractivity contribution in [3.8, 4) is 11.5 Å². The Balaban J connectivity index is 1.74. The lowest BCUT2D eigenvalue weighted by Crippen LogP contribution is -2.15. The summed E-state index contributed by atoms with van der Waals surface area (Å²) in [6.45, 7) is 4.94. The van der Waals surface area contributed by atoms with Crippen molar-refractivity contribution in [1.82, 2.24) is 9.97 Å². The highest BCUT2D eigenvalue weighted by Gasteiger charge is 2.13. The Labute approximate surface area is 127 Å². The number of carbonyl (C=O) groups excluding carboxylic acids is 1. The SMILES string of the molecule is CC(C)c1nc(C(=O)C=Cc2cc3c(cn2)OCCO3)co1. The fourth-order valence-electron chi connectivity index (χ4n) is 1.97. The quantitative estimate of drug-likeness (QED) is 0.638. The van der Waals surface area contributed by atoms with Crippen LogP contribution in [0.5, 0.6) is 11.5 Å². The summed E-state index contributed by atoms with van der Waals surface area (Å²) in [7, 11) is 0. The van der Waals surface area contributed by atoms with Crippen LogP contribution in [0.15, 0.2) is 29.0 Å². The molecule has 6 heteroatoms. The minimum absolute atomic E-state index is 0.144. The Kier molecular flexibility index (Phi) is 3.91. The highest BCUT2D eigenvalue weighted by molar-refractivity contribution is 6.05. The van der Waals surface area contributed by atoms with E-state index in [0.29, 0.717) is 36.3 Å². The molecule has 1 aliphatic heterocycles. The molecule has 0 aliphatic carbocycles. The number of rotatable bonds is 4. The number of hydrogen-bond donors (Lipinski definition) is 0. The van der Waals surface area contributed by atoms with Gasteiger partial charge in [0.05, 0.1) is 11.9 Å². The second-order valence-corrected chi connectivity index (χ2v) is 5.18. The van der Waals surface area contributed by atoms with Gasteiger partial charge in [-0.25, -0.2) is 4.98 Å². The maximum Gasteiger partial charge on any atom is 0.207 e. The molecule has 22 heavy (non-hydrogen) atoms. The van der Waals surface area contributed by atoms with E-state index in [0.717, 1.165) is 0 Å². The summed E-state index contributed by atoms with van der Waals surface area (Å²) in [4.78, 5) is 20.4. The predicted octanol–water partition coefficient (Wildman–Crippen LogP) is 2.86. The first-order valence-electron chi connectivity index (χ1n) is 7.07. The molecule has 0 saturated heterocycles. The van der Waals surface area contributed by atoms with Gasteiger partial charge in [0.15, 0.2) is 17.4 Å². The minimum Gasteiger partial charge on any atom is -0.486 e. The first-order chi connectivity index (χ1) is 10.6. The van der Waals surface area contributed by atoms with Crippen LogP contribution in [-0.4, -0.2) is 29.0 Å². The summed E-state index contributed by atoms with van der Waals surface area (Å²) < 4.78 is 16.1. The summed E-state index contributed by atoms with van der Waals surface area (Å²) in [5, 5.41) is 0. The zero-order valence-electron chi connectivity index (χ0n) is 12.4. The molecule has 1 aliphatic rings. The molecule has 0 aromatic carbocycles. The molecular weight excluding hydrogens is 284 g/mol. The van der Waals surface area contributed by atoms with Crippen molar-refractivity contribution < 1.29 is 18.7 Å². The van der Waals surface area contributed by atoms with Gasteiger partial charge in [-0.2, -0.15) is 0 Å². The van der Waals surface area contributed by atoms with Gasteiger partial charge in [-0.3, -0.25) is 9.78 Å². The van der Waals surface area contributed by atoms with Gasteiger partial charge in [0.2, 0.25) is 5.78 Å². The highest BCUT2D eigenvalue weighted by atomic mass is 16.6. The Hall–Kier alpha value is -2.63. The number of carbonyl (C=O) groups is 1. The summed E-state index contributed by atoms with van der Waals surface area (Å²) in [6.07, 6.45) is 6.00. The maximum atomic E-state index is 12.0. The van der Waals surface area contributed by atoms with Crippen molar-refractivity contribution >= 4 is 11.9 Å². The molecule has 0 atom stereocenters. The monoisotopic (exact) mass is 300 g/mol. The van der Waals surface area contributed by atoms with Gasteiger partial charge in [0.25, 0.3) is 0 Å². The van der Waals surface area contributed by atoms with Gasteiger partial charge in [-0.05, 0) is 12.2 Å². The van der Waals surface area contributed by atoms with Crippen LogP contribution in [0.1, 0.15) is 41.8 Å². The number of pyridine rings is 1. The Morgan fingerprint density at radius 2 is 2.05 bits per heavy atom. The van der Waals surface area contributed by atoms with E-state index in [9.17, 15) is 4.79 Å². The van der Waals surface area contributed by atoms with Crippen LogP contribution < -0.4 is 9.47 Å². The second kappa shape index (κ2) is 6.01. The molecule has 0 bridgehead atoms. The summed E-state index contributed by atoms with van der Waals surface area (Å²) in [5.41, 5.74) is 0.905. The van der Waals surface area contributed by atoms with Gasteiger partial charge in [0, 0.05) is 12.0 Å². The normalized spacial score (nSPS) is 13.8. The van der Waals surface area contributed by atoms with Crippen LogP contribution in [0, 0.1) is 0 Å². The van der Waals surface area contributed by atoms with Crippen LogP contribution in [0.2, 0.25) is 0 Å². The third-order valence-electron chi connectivity index (χ3n) is 3.12. The number of oxazole rings is 1. The van der Waals surface area contributed by atoms with Crippen LogP contribution in [-0.2, 0) is 0 Å². The van der Waals surface area contributed by atoms with E-state index in [1.807, 2.05) is 13.8 Å². The molecule has 0 spiro atoms. The van der Waals surface area contributed by atoms with E-state index in [1.54, 1.807) is 18.3 Å². The summed E-state index contributed by atoms with van der Waals surface area (Å²) in [5.74, 6) is 1.72. The standard InChI is InChI=1S/C16H16N2O4/c1-10(2)16-18-12(9-22-16)13(19)4-3-11-7-14-15(8-17-11)21-6-5-20-14/h3-4,7-10H,5-6H2,1-2H3. The van der Waals surface area contributed by atoms with E-state index < -0.39 is 0 Å². The van der Waals surface area contributed by atoms with E-state index in [1.165, 1.54) is 12.3 Å². The second-order valence-electron chi connectivity index (χ2n) is 5.18. The average Bonchev–Trinajstić information content (AvgIpc) is 3.03. The number of aromatic nitrogens is 2. The van der Waals surface area contributed by atoms with Crippen molar-refractivity contribution in [3.05, 3.63) is 41.9 Å². The average molecular weight is 300 g/mol. The highest BCUT2D eigenvalue weighted by Crippen LogP contribution is 2.29. The van der Waals surface area contributed by atoms with Crippen LogP contribution in [0.25, 0.3) is 6.08 Å². The lowest BCUT2D eigenvalue weighted by atomic mass is 10.2. The van der Waals surface area contributed by atoms with E-state index >= 15 is 0 Å². The summed E-state index contributed by atoms with van der Waals surface area (Å²) >= 11 is 0. The zero-order valence-corrected chi connectivity index (χ0v) is 12.4. The lowest BCUT2D eigenvalue weighted by Gasteiger charge is -2.17. The molecule has 3 heterocycles. The zero-order chi connectivity index (χ0) is 15.5. The van der Waals surface area contributed by atoms with Gasteiger partial charge in [-0.1, -0.05) is 13.8 Å². The molecule has 0 amide bonds. The fraction of sp³-hybridized carbons (Fsp3) is 0.312. The molecule has 0 N–H and O–H groups in total. The molecule has 2 aromatic heterocycles.